The lowest BCUT2D eigenvalue weighted by atomic mass is 10.0. The molecule has 218 valence electrons. The predicted octanol–water partition coefficient (Wildman–Crippen LogP) is 9.87. The second-order valence-electron chi connectivity index (χ2n) is 10.4. The molecule has 0 aliphatic carbocycles. The summed E-state index contributed by atoms with van der Waals surface area (Å²) in [5, 5.41) is 0. The lowest BCUT2D eigenvalue weighted by Crippen LogP contribution is -2.11. The molecule has 5 heteroatoms. The molecule has 0 radical (unpaired) electrons. The Morgan fingerprint density at radius 1 is 0.556 bits per heavy atom. The van der Waals surface area contributed by atoms with Crippen molar-refractivity contribution in [2.45, 2.75) is 168 Å². The van der Waals surface area contributed by atoms with E-state index in [-0.39, 0.29) is 5.75 Å². The standard InChI is InChI=1S/C28H58O3S.C3H7N/c1-3-5-7-9-11-13-14-15-16-17-18-19-20-21-23-25-27-31-32(29,30)28-26-24-22-12-10-8-6-4-2;1-2-3-4/h3-28H2,1-2H3;2H,1,3-4H2. The highest BCUT2D eigenvalue weighted by molar-refractivity contribution is 7.86. The number of hydrogen-bond donors (Lipinski definition) is 1. The Balaban J connectivity index is 0. The zero-order valence-corrected chi connectivity index (χ0v) is 25.4. The molecular formula is C31H65NO3S. The Bertz CT molecular complexity index is 508. The van der Waals surface area contributed by atoms with Gasteiger partial charge in [-0.1, -0.05) is 161 Å². The Morgan fingerprint density at radius 3 is 1.14 bits per heavy atom. The fourth-order valence-electron chi connectivity index (χ4n) is 4.31. The third kappa shape index (κ3) is 35.8. The van der Waals surface area contributed by atoms with Crippen LogP contribution in [0.15, 0.2) is 12.7 Å². The zero-order valence-electron chi connectivity index (χ0n) is 24.6. The quantitative estimate of drug-likeness (QED) is 0.0619. The molecule has 0 fully saturated rings. The van der Waals surface area contributed by atoms with Gasteiger partial charge in [-0.05, 0) is 12.8 Å². The minimum Gasteiger partial charge on any atom is -0.327 e. The lowest BCUT2D eigenvalue weighted by molar-refractivity contribution is 0.305. The summed E-state index contributed by atoms with van der Waals surface area (Å²) in [5.74, 6) is 0.195. The normalized spacial score (nSPS) is 11.3. The van der Waals surface area contributed by atoms with Crippen LogP contribution in [0.1, 0.15) is 168 Å². The van der Waals surface area contributed by atoms with Gasteiger partial charge < -0.3 is 5.73 Å². The monoisotopic (exact) mass is 531 g/mol. The summed E-state index contributed by atoms with van der Waals surface area (Å²) in [4.78, 5) is 0. The Morgan fingerprint density at radius 2 is 0.833 bits per heavy atom. The summed E-state index contributed by atoms with van der Waals surface area (Å²) in [6, 6.07) is 0. The fraction of sp³-hybridized carbons (Fsp3) is 0.935. The van der Waals surface area contributed by atoms with Crippen molar-refractivity contribution < 1.29 is 12.6 Å². The predicted molar refractivity (Wildman–Crippen MR) is 161 cm³/mol. The van der Waals surface area contributed by atoms with Gasteiger partial charge in [0.2, 0.25) is 0 Å². The molecule has 0 atom stereocenters. The van der Waals surface area contributed by atoms with E-state index >= 15 is 0 Å². The highest BCUT2D eigenvalue weighted by Gasteiger charge is 2.10. The van der Waals surface area contributed by atoms with E-state index in [2.05, 4.69) is 20.4 Å². The molecule has 0 heterocycles. The molecule has 0 bridgehead atoms. The van der Waals surface area contributed by atoms with Crippen molar-refractivity contribution >= 4 is 10.1 Å². The highest BCUT2D eigenvalue weighted by atomic mass is 32.2. The van der Waals surface area contributed by atoms with Gasteiger partial charge in [0.15, 0.2) is 0 Å². The summed E-state index contributed by atoms with van der Waals surface area (Å²) < 4.78 is 29.1. The first-order valence-electron chi connectivity index (χ1n) is 15.7. The van der Waals surface area contributed by atoms with Gasteiger partial charge in [-0.25, -0.2) is 0 Å². The van der Waals surface area contributed by atoms with Crippen molar-refractivity contribution in [3.63, 3.8) is 0 Å². The molecule has 0 aliphatic rings. The molecule has 0 saturated heterocycles. The van der Waals surface area contributed by atoms with Crippen LogP contribution in [0.25, 0.3) is 0 Å². The fourth-order valence-corrected chi connectivity index (χ4v) is 5.36. The maximum atomic E-state index is 11.9. The second-order valence-corrected chi connectivity index (χ2v) is 12.1. The Kier molecular flexibility index (Phi) is 34.2. The first-order chi connectivity index (χ1) is 17.5. The van der Waals surface area contributed by atoms with Crippen LogP contribution in [-0.2, 0) is 14.3 Å². The number of unbranched alkanes of at least 4 members (excludes halogenated alkanes) is 22. The van der Waals surface area contributed by atoms with Crippen molar-refractivity contribution in [3.8, 4) is 0 Å². The van der Waals surface area contributed by atoms with E-state index in [0.29, 0.717) is 13.2 Å². The van der Waals surface area contributed by atoms with Gasteiger partial charge in [0.1, 0.15) is 0 Å². The van der Waals surface area contributed by atoms with E-state index in [1.54, 1.807) is 6.08 Å². The van der Waals surface area contributed by atoms with E-state index in [4.69, 9.17) is 9.92 Å². The largest absolute Gasteiger partial charge is 0.327 e. The summed E-state index contributed by atoms with van der Waals surface area (Å²) >= 11 is 0. The van der Waals surface area contributed by atoms with E-state index in [1.165, 1.54) is 122 Å². The third-order valence-corrected chi connectivity index (χ3v) is 7.99. The molecule has 4 nitrogen and oxygen atoms in total. The summed E-state index contributed by atoms with van der Waals surface area (Å²) in [6.07, 6.45) is 32.2. The van der Waals surface area contributed by atoms with Crippen LogP contribution < -0.4 is 5.73 Å². The van der Waals surface area contributed by atoms with E-state index < -0.39 is 10.1 Å². The number of rotatable bonds is 28. The maximum Gasteiger partial charge on any atom is 0.267 e. The van der Waals surface area contributed by atoms with Crippen LogP contribution in [-0.4, -0.2) is 27.3 Å². The van der Waals surface area contributed by atoms with Gasteiger partial charge in [-0.3, -0.25) is 4.18 Å². The molecule has 0 aliphatic heterocycles. The summed E-state index contributed by atoms with van der Waals surface area (Å²) in [6.45, 7) is 8.82. The first-order valence-corrected chi connectivity index (χ1v) is 17.3. The first kappa shape index (κ1) is 37.8. The SMILES string of the molecule is C=CCN.CCCCCCCCCCCCCCCCCCOS(=O)(=O)CCCCCCCCCC. The second kappa shape index (κ2) is 32.6. The topological polar surface area (TPSA) is 69.4 Å². The molecule has 0 amide bonds. The average molecular weight is 532 g/mol. The van der Waals surface area contributed by atoms with Crippen molar-refractivity contribution in [2.24, 2.45) is 5.73 Å². The van der Waals surface area contributed by atoms with Crippen molar-refractivity contribution in [3.05, 3.63) is 12.7 Å². The van der Waals surface area contributed by atoms with E-state index in [1.807, 2.05) is 0 Å². The molecule has 0 aromatic heterocycles. The molecular weight excluding hydrogens is 466 g/mol. The van der Waals surface area contributed by atoms with Crippen LogP contribution in [0.5, 0.6) is 0 Å². The average Bonchev–Trinajstić information content (AvgIpc) is 2.87. The molecule has 0 aromatic rings. The number of hydrogen-bond acceptors (Lipinski definition) is 4. The van der Waals surface area contributed by atoms with Gasteiger partial charge in [0.05, 0.1) is 12.4 Å². The molecule has 0 spiro atoms. The van der Waals surface area contributed by atoms with Crippen molar-refractivity contribution in [2.75, 3.05) is 18.9 Å². The maximum absolute atomic E-state index is 11.9. The van der Waals surface area contributed by atoms with Crippen LogP contribution in [0.2, 0.25) is 0 Å². The zero-order chi connectivity index (χ0) is 27.0. The van der Waals surface area contributed by atoms with Gasteiger partial charge in [-0.2, -0.15) is 8.42 Å². The van der Waals surface area contributed by atoms with Crippen molar-refractivity contribution in [1.29, 1.82) is 0 Å². The number of nitrogens with two attached hydrogens (primary N) is 1. The Hall–Kier alpha value is -0.390. The van der Waals surface area contributed by atoms with Gasteiger partial charge in [0, 0.05) is 6.54 Å². The molecule has 0 rings (SSSR count). The molecule has 2 N–H and O–H groups in total. The summed E-state index contributed by atoms with van der Waals surface area (Å²) in [5.41, 5.74) is 4.91. The molecule has 0 unspecified atom stereocenters. The minimum atomic E-state index is -3.30. The van der Waals surface area contributed by atoms with E-state index in [9.17, 15) is 8.42 Å². The van der Waals surface area contributed by atoms with E-state index in [0.717, 1.165) is 32.1 Å². The van der Waals surface area contributed by atoms with Gasteiger partial charge >= 0.3 is 0 Å². The van der Waals surface area contributed by atoms with Crippen molar-refractivity contribution in [1.82, 2.24) is 0 Å². The molecule has 36 heavy (non-hydrogen) atoms. The van der Waals surface area contributed by atoms with Crippen LogP contribution in [0.4, 0.5) is 0 Å². The molecule has 0 aromatic carbocycles. The van der Waals surface area contributed by atoms with Gasteiger partial charge in [-0.15, -0.1) is 6.58 Å². The smallest absolute Gasteiger partial charge is 0.267 e. The highest BCUT2D eigenvalue weighted by Crippen LogP contribution is 2.14. The van der Waals surface area contributed by atoms with Gasteiger partial charge in [0.25, 0.3) is 10.1 Å². The van der Waals surface area contributed by atoms with Crippen LogP contribution >= 0.6 is 0 Å². The summed E-state index contributed by atoms with van der Waals surface area (Å²) in [7, 11) is -3.30. The Labute approximate surface area is 227 Å². The third-order valence-electron chi connectivity index (χ3n) is 6.68. The minimum absolute atomic E-state index is 0.195. The lowest BCUT2D eigenvalue weighted by Gasteiger charge is -2.06. The molecule has 0 saturated carbocycles. The van der Waals surface area contributed by atoms with Crippen LogP contribution in [0, 0.1) is 0 Å². The van der Waals surface area contributed by atoms with Crippen LogP contribution in [0.3, 0.4) is 0 Å².